The highest BCUT2D eigenvalue weighted by Crippen LogP contribution is 2.31. The fourth-order valence-electron chi connectivity index (χ4n) is 4.97. The number of carbonyl (C=O) groups is 3. The number of rotatable bonds is 4. The van der Waals surface area contributed by atoms with Gasteiger partial charge in [-0.1, -0.05) is 65.1 Å². The topological polar surface area (TPSA) is 81.8 Å². The summed E-state index contributed by atoms with van der Waals surface area (Å²) in [7, 11) is 0. The lowest BCUT2D eigenvalue weighted by molar-refractivity contribution is -0.127. The molecule has 2 atom stereocenters. The second-order valence-corrected chi connectivity index (χ2v) is 10.6. The maximum Gasteiger partial charge on any atom is 0.321 e. The largest absolute Gasteiger partial charge is 0.347 e. The average Bonchev–Trinajstić information content (AvgIpc) is 3.32. The fraction of sp³-hybridized carbons (Fsp3) is 0.250. The lowest BCUT2D eigenvalue weighted by atomic mass is 10.1. The number of hydrogen-bond donors (Lipinski definition) is 2. The summed E-state index contributed by atoms with van der Waals surface area (Å²) in [5.41, 5.74) is 3.15. The minimum atomic E-state index is -0.887. The molecule has 5 rings (SSSR count). The van der Waals surface area contributed by atoms with Gasteiger partial charge in [-0.15, -0.1) is 0 Å². The van der Waals surface area contributed by atoms with Crippen molar-refractivity contribution in [2.24, 2.45) is 0 Å². The molecular weight excluding hydrogens is 547 g/mol. The van der Waals surface area contributed by atoms with Crippen molar-refractivity contribution in [2.75, 3.05) is 25.0 Å². The highest BCUT2D eigenvalue weighted by Gasteiger charge is 2.39. The quantitative estimate of drug-likeness (QED) is 0.415. The van der Waals surface area contributed by atoms with E-state index in [2.05, 4.69) is 16.7 Å². The van der Waals surface area contributed by atoms with Crippen molar-refractivity contribution in [1.29, 1.82) is 0 Å². The molecule has 1 fully saturated rings. The summed E-state index contributed by atoms with van der Waals surface area (Å²) >= 11 is 18.2. The zero-order valence-corrected chi connectivity index (χ0v) is 22.6. The van der Waals surface area contributed by atoms with Crippen LogP contribution in [0.1, 0.15) is 33.9 Å². The van der Waals surface area contributed by atoms with Crippen molar-refractivity contribution < 1.29 is 14.4 Å². The third-order valence-electron chi connectivity index (χ3n) is 6.92. The van der Waals surface area contributed by atoms with E-state index in [0.29, 0.717) is 26.3 Å². The van der Waals surface area contributed by atoms with Crippen LogP contribution in [0.25, 0.3) is 0 Å². The van der Waals surface area contributed by atoms with Gasteiger partial charge in [0, 0.05) is 29.4 Å². The highest BCUT2D eigenvalue weighted by atomic mass is 35.5. The van der Waals surface area contributed by atoms with Crippen LogP contribution in [0.5, 0.6) is 0 Å². The maximum atomic E-state index is 13.7. The summed E-state index contributed by atoms with van der Waals surface area (Å²) in [4.78, 5) is 43.3. The van der Waals surface area contributed by atoms with Crippen LogP contribution in [0.15, 0.2) is 66.7 Å². The van der Waals surface area contributed by atoms with Crippen molar-refractivity contribution in [2.45, 2.75) is 24.9 Å². The lowest BCUT2D eigenvalue weighted by Crippen LogP contribution is -2.62. The number of fused-ring (bicyclic) bond motifs is 1. The summed E-state index contributed by atoms with van der Waals surface area (Å²) in [6.45, 7) is 0.453. The Morgan fingerprint density at radius 3 is 2.47 bits per heavy atom. The average molecular weight is 572 g/mol. The van der Waals surface area contributed by atoms with Crippen LogP contribution in [-0.4, -0.2) is 53.3 Å². The van der Waals surface area contributed by atoms with Gasteiger partial charge in [0.05, 0.1) is 22.6 Å². The molecule has 2 N–H and O–H groups in total. The molecule has 1 aliphatic carbocycles. The van der Waals surface area contributed by atoms with Gasteiger partial charge in [-0.05, 0) is 60.4 Å². The third-order valence-corrected chi connectivity index (χ3v) is 7.90. The number of anilines is 1. The summed E-state index contributed by atoms with van der Waals surface area (Å²) in [5.74, 6) is -0.627. The van der Waals surface area contributed by atoms with E-state index in [0.717, 1.165) is 18.4 Å². The van der Waals surface area contributed by atoms with Gasteiger partial charge in [0.1, 0.15) is 6.04 Å². The minimum Gasteiger partial charge on any atom is -0.347 e. The number of nitrogens with zero attached hydrogens (tertiary/aromatic N) is 2. The molecule has 0 radical (unpaired) electrons. The second kappa shape index (κ2) is 11.2. The van der Waals surface area contributed by atoms with Gasteiger partial charge >= 0.3 is 6.03 Å². The second-order valence-electron chi connectivity index (χ2n) is 9.33. The Morgan fingerprint density at radius 2 is 1.68 bits per heavy atom. The lowest BCUT2D eigenvalue weighted by Gasteiger charge is -2.41. The van der Waals surface area contributed by atoms with E-state index in [4.69, 9.17) is 34.8 Å². The van der Waals surface area contributed by atoms with Crippen LogP contribution >= 0.6 is 34.8 Å². The number of halogens is 3. The van der Waals surface area contributed by atoms with Crippen molar-refractivity contribution in [3.05, 3.63) is 98.5 Å². The number of benzene rings is 3. The normalized spacial score (nSPS) is 18.6. The number of piperazine rings is 1. The molecule has 0 aromatic heterocycles. The van der Waals surface area contributed by atoms with E-state index in [1.807, 2.05) is 18.2 Å². The molecule has 0 saturated carbocycles. The van der Waals surface area contributed by atoms with Gasteiger partial charge in [0.25, 0.3) is 5.91 Å². The van der Waals surface area contributed by atoms with Gasteiger partial charge < -0.3 is 20.4 Å². The number of carbonyl (C=O) groups excluding carboxylic acids is 3. The van der Waals surface area contributed by atoms with Crippen molar-refractivity contribution in [3.63, 3.8) is 0 Å². The molecule has 0 bridgehead atoms. The molecule has 196 valence electrons. The first-order valence-electron chi connectivity index (χ1n) is 12.3. The van der Waals surface area contributed by atoms with Crippen molar-refractivity contribution in [1.82, 2.24) is 15.1 Å². The third kappa shape index (κ3) is 5.60. The van der Waals surface area contributed by atoms with E-state index in [9.17, 15) is 14.4 Å². The van der Waals surface area contributed by atoms with E-state index < -0.39 is 12.1 Å². The predicted molar refractivity (Wildman–Crippen MR) is 149 cm³/mol. The smallest absolute Gasteiger partial charge is 0.321 e. The van der Waals surface area contributed by atoms with Crippen molar-refractivity contribution >= 4 is 58.3 Å². The Hall–Kier alpha value is -3.26. The number of urea groups is 1. The molecule has 10 heteroatoms. The standard InChI is InChI=1S/C28H25Cl3N4O3/c29-19-6-3-5-18(14-19)27(37)35-13-12-34(28(38)32-20-9-10-22(30)23(31)15-20)16-25(35)26(36)33-24-11-8-17-4-1-2-7-21(17)24/h1-7,9-10,14-15,24-25H,8,11-13,16H2,(H,32,38)(H,33,36)/t24-,25+/m1/s1. The van der Waals surface area contributed by atoms with Crippen LogP contribution < -0.4 is 10.6 Å². The Kier molecular flexibility index (Phi) is 7.79. The predicted octanol–water partition coefficient (Wildman–Crippen LogP) is 5.81. The first kappa shape index (κ1) is 26.4. The Labute approximate surface area is 235 Å². The SMILES string of the molecule is O=C(N[C@@H]1CCc2ccccc21)[C@@H]1CN(C(=O)Nc2ccc(Cl)c(Cl)c2)CCN1C(=O)c1cccc(Cl)c1. The highest BCUT2D eigenvalue weighted by molar-refractivity contribution is 6.42. The first-order chi connectivity index (χ1) is 18.3. The molecule has 0 unspecified atom stereocenters. The van der Waals surface area contributed by atoms with Crippen LogP contribution in [0, 0.1) is 0 Å². The van der Waals surface area contributed by atoms with Crippen LogP contribution in [0.3, 0.4) is 0 Å². The van der Waals surface area contributed by atoms with E-state index in [1.165, 1.54) is 15.4 Å². The Bertz CT molecular complexity index is 1400. The Morgan fingerprint density at radius 1 is 0.868 bits per heavy atom. The summed E-state index contributed by atoms with van der Waals surface area (Å²) in [6, 6.07) is 18.0. The van der Waals surface area contributed by atoms with E-state index >= 15 is 0 Å². The maximum absolute atomic E-state index is 13.7. The summed E-state index contributed by atoms with van der Waals surface area (Å²) < 4.78 is 0. The molecular formula is C28H25Cl3N4O3. The summed E-state index contributed by atoms with van der Waals surface area (Å²) in [5, 5.41) is 7.05. The molecule has 7 nitrogen and oxygen atoms in total. The number of nitrogens with one attached hydrogen (secondary N) is 2. The van der Waals surface area contributed by atoms with Gasteiger partial charge in [-0.3, -0.25) is 9.59 Å². The zero-order valence-electron chi connectivity index (χ0n) is 20.3. The molecule has 38 heavy (non-hydrogen) atoms. The van der Waals surface area contributed by atoms with Crippen LogP contribution in [-0.2, 0) is 11.2 Å². The van der Waals surface area contributed by atoms with Gasteiger partial charge in [-0.2, -0.15) is 0 Å². The van der Waals surface area contributed by atoms with Crippen molar-refractivity contribution in [3.8, 4) is 0 Å². The first-order valence-corrected chi connectivity index (χ1v) is 13.4. The van der Waals surface area contributed by atoms with E-state index in [1.54, 1.807) is 42.5 Å². The van der Waals surface area contributed by atoms with Gasteiger partial charge in [0.2, 0.25) is 5.91 Å². The molecule has 1 aliphatic heterocycles. The molecule has 1 saturated heterocycles. The molecule has 1 heterocycles. The molecule has 2 aliphatic rings. The molecule has 3 aromatic carbocycles. The monoisotopic (exact) mass is 570 g/mol. The van der Waals surface area contributed by atoms with Gasteiger partial charge in [0.15, 0.2) is 0 Å². The number of amides is 4. The molecule has 0 spiro atoms. The van der Waals surface area contributed by atoms with Crippen LogP contribution in [0.4, 0.5) is 10.5 Å². The minimum absolute atomic E-state index is 0.0274. The number of hydrogen-bond acceptors (Lipinski definition) is 3. The van der Waals surface area contributed by atoms with Gasteiger partial charge in [-0.25, -0.2) is 4.79 Å². The zero-order chi connectivity index (χ0) is 26.8. The fourth-order valence-corrected chi connectivity index (χ4v) is 5.46. The molecule has 4 amide bonds. The summed E-state index contributed by atoms with van der Waals surface area (Å²) in [6.07, 6.45) is 1.65. The number of aryl methyl sites for hydroxylation is 1. The van der Waals surface area contributed by atoms with E-state index in [-0.39, 0.29) is 37.5 Å². The van der Waals surface area contributed by atoms with Crippen LogP contribution in [0.2, 0.25) is 15.1 Å². The molecule has 3 aromatic rings. The Balaban J connectivity index is 1.36.